The van der Waals surface area contributed by atoms with Gasteiger partial charge in [0.1, 0.15) is 0 Å². The van der Waals surface area contributed by atoms with Gasteiger partial charge in [-0.15, -0.1) is 0 Å². The molecule has 1 saturated carbocycles. The Bertz CT molecular complexity index is 320. The van der Waals surface area contributed by atoms with Crippen LogP contribution in [0, 0.1) is 5.92 Å². The second kappa shape index (κ2) is 4.65. The van der Waals surface area contributed by atoms with E-state index >= 15 is 0 Å². The molecule has 2 unspecified atom stereocenters. The molecule has 90 valence electrons. The molecule has 0 spiro atoms. The number of hydrogen-bond acceptors (Lipinski definition) is 2. The van der Waals surface area contributed by atoms with Gasteiger partial charge in [0.2, 0.25) is 0 Å². The second-order valence-corrected chi connectivity index (χ2v) is 5.04. The van der Waals surface area contributed by atoms with Crippen molar-refractivity contribution in [1.29, 1.82) is 0 Å². The minimum Gasteiger partial charge on any atom is -0.382 e. The standard InChI is InChI=1S/C11H14F3NS/c12-11(13,14)8-2-1-3-9(6-8)15-10-4-5-16-7-10/h4-5,7-9,15H,1-3,6H2. The Hall–Kier alpha value is -0.710. The highest BCUT2D eigenvalue weighted by Gasteiger charge is 2.42. The fourth-order valence-corrected chi connectivity index (χ4v) is 2.80. The Labute approximate surface area is 96.7 Å². The first kappa shape index (κ1) is 11.8. The van der Waals surface area contributed by atoms with Crippen molar-refractivity contribution in [2.24, 2.45) is 5.92 Å². The molecule has 1 nitrogen and oxygen atoms in total. The quantitative estimate of drug-likeness (QED) is 0.824. The van der Waals surface area contributed by atoms with Gasteiger partial charge in [0.05, 0.1) is 5.92 Å². The summed E-state index contributed by atoms with van der Waals surface area (Å²) in [6.07, 6.45) is -2.05. The van der Waals surface area contributed by atoms with Crippen molar-refractivity contribution in [3.05, 3.63) is 16.8 Å². The highest BCUT2D eigenvalue weighted by Crippen LogP contribution is 2.38. The van der Waals surface area contributed by atoms with Crippen molar-refractivity contribution in [2.45, 2.75) is 37.9 Å². The summed E-state index contributed by atoms with van der Waals surface area (Å²) in [6.45, 7) is 0. The van der Waals surface area contributed by atoms with E-state index in [9.17, 15) is 13.2 Å². The molecular formula is C11H14F3NS. The fraction of sp³-hybridized carbons (Fsp3) is 0.636. The molecule has 0 radical (unpaired) electrons. The summed E-state index contributed by atoms with van der Waals surface area (Å²) in [5.41, 5.74) is 0.942. The lowest BCUT2D eigenvalue weighted by molar-refractivity contribution is -0.182. The predicted molar refractivity (Wildman–Crippen MR) is 59.7 cm³/mol. The number of rotatable bonds is 2. The Kier molecular flexibility index (Phi) is 3.42. The number of thiophene rings is 1. The Morgan fingerprint density at radius 2 is 2.12 bits per heavy atom. The average Bonchev–Trinajstić information content (AvgIpc) is 2.70. The molecule has 5 heteroatoms. The second-order valence-electron chi connectivity index (χ2n) is 4.26. The van der Waals surface area contributed by atoms with Crippen molar-refractivity contribution in [2.75, 3.05) is 5.32 Å². The van der Waals surface area contributed by atoms with Crippen LogP contribution in [0.2, 0.25) is 0 Å². The van der Waals surface area contributed by atoms with Crippen LogP contribution in [0.5, 0.6) is 0 Å². The van der Waals surface area contributed by atoms with E-state index < -0.39 is 12.1 Å². The first-order chi connectivity index (χ1) is 7.55. The molecule has 16 heavy (non-hydrogen) atoms. The highest BCUT2D eigenvalue weighted by atomic mass is 32.1. The molecule has 1 aromatic rings. The lowest BCUT2D eigenvalue weighted by Crippen LogP contribution is -2.34. The SMILES string of the molecule is FC(F)(F)C1CCCC(Nc2ccsc2)C1. The Morgan fingerprint density at radius 3 is 2.75 bits per heavy atom. The third-order valence-electron chi connectivity index (χ3n) is 3.03. The van der Waals surface area contributed by atoms with Crippen LogP contribution in [-0.2, 0) is 0 Å². The van der Waals surface area contributed by atoms with Crippen LogP contribution in [-0.4, -0.2) is 12.2 Å². The Morgan fingerprint density at radius 1 is 1.31 bits per heavy atom. The summed E-state index contributed by atoms with van der Waals surface area (Å²) in [5, 5.41) is 7.02. The maximum Gasteiger partial charge on any atom is 0.391 e. The normalized spacial score (nSPS) is 26.7. The van der Waals surface area contributed by atoms with Crippen LogP contribution in [0.3, 0.4) is 0 Å². The molecule has 2 rings (SSSR count). The average molecular weight is 249 g/mol. The van der Waals surface area contributed by atoms with E-state index in [1.54, 1.807) is 11.3 Å². The molecule has 1 N–H and O–H groups in total. The first-order valence-corrected chi connectivity index (χ1v) is 6.35. The van der Waals surface area contributed by atoms with Gasteiger partial charge in [0, 0.05) is 17.1 Å². The number of nitrogens with one attached hydrogen (secondary N) is 1. The maximum atomic E-state index is 12.6. The third-order valence-corrected chi connectivity index (χ3v) is 3.71. The smallest absolute Gasteiger partial charge is 0.382 e. The van der Waals surface area contributed by atoms with Crippen molar-refractivity contribution < 1.29 is 13.2 Å². The zero-order chi connectivity index (χ0) is 11.6. The van der Waals surface area contributed by atoms with E-state index in [1.807, 2.05) is 16.8 Å². The zero-order valence-corrected chi connectivity index (χ0v) is 9.57. The van der Waals surface area contributed by atoms with E-state index in [-0.39, 0.29) is 18.9 Å². The van der Waals surface area contributed by atoms with Crippen molar-refractivity contribution in [3.63, 3.8) is 0 Å². The van der Waals surface area contributed by atoms with Gasteiger partial charge in [-0.2, -0.15) is 24.5 Å². The largest absolute Gasteiger partial charge is 0.391 e. The van der Waals surface area contributed by atoms with Gasteiger partial charge >= 0.3 is 6.18 Å². The van der Waals surface area contributed by atoms with Gasteiger partial charge in [-0.3, -0.25) is 0 Å². The van der Waals surface area contributed by atoms with Gasteiger partial charge in [0.25, 0.3) is 0 Å². The van der Waals surface area contributed by atoms with Crippen molar-refractivity contribution >= 4 is 17.0 Å². The summed E-state index contributed by atoms with van der Waals surface area (Å²) in [5.74, 6) is -1.13. The Balaban J connectivity index is 1.92. The van der Waals surface area contributed by atoms with E-state index in [1.165, 1.54) is 0 Å². The maximum absolute atomic E-state index is 12.6. The van der Waals surface area contributed by atoms with Gasteiger partial charge in [-0.25, -0.2) is 0 Å². The molecule has 0 bridgehead atoms. The highest BCUT2D eigenvalue weighted by molar-refractivity contribution is 7.08. The van der Waals surface area contributed by atoms with E-state index in [2.05, 4.69) is 5.32 Å². The molecule has 1 fully saturated rings. The molecule has 0 saturated heterocycles. The first-order valence-electron chi connectivity index (χ1n) is 5.41. The molecule has 1 heterocycles. The summed E-state index contributed by atoms with van der Waals surface area (Å²) < 4.78 is 37.7. The summed E-state index contributed by atoms with van der Waals surface area (Å²) in [6, 6.07) is 1.87. The molecule has 2 atom stereocenters. The van der Waals surface area contributed by atoms with Crippen LogP contribution in [0.4, 0.5) is 18.9 Å². The van der Waals surface area contributed by atoms with Gasteiger partial charge in [-0.1, -0.05) is 6.42 Å². The van der Waals surface area contributed by atoms with Crippen LogP contribution in [0.25, 0.3) is 0 Å². The predicted octanol–water partition coefficient (Wildman–Crippen LogP) is 4.28. The molecule has 1 aliphatic carbocycles. The monoisotopic (exact) mass is 249 g/mol. The van der Waals surface area contributed by atoms with E-state index in [4.69, 9.17) is 0 Å². The fourth-order valence-electron chi connectivity index (χ4n) is 2.20. The molecule has 1 aromatic heterocycles. The summed E-state index contributed by atoms with van der Waals surface area (Å²) in [4.78, 5) is 0. The van der Waals surface area contributed by atoms with Gasteiger partial charge < -0.3 is 5.32 Å². The van der Waals surface area contributed by atoms with Crippen LogP contribution in [0.15, 0.2) is 16.8 Å². The lowest BCUT2D eigenvalue weighted by atomic mass is 9.85. The number of hydrogen-bond donors (Lipinski definition) is 1. The van der Waals surface area contributed by atoms with Crippen molar-refractivity contribution in [3.8, 4) is 0 Å². The van der Waals surface area contributed by atoms with Gasteiger partial charge in [0.15, 0.2) is 0 Å². The minimum absolute atomic E-state index is 0.0324. The lowest BCUT2D eigenvalue weighted by Gasteiger charge is -2.31. The topological polar surface area (TPSA) is 12.0 Å². The molecule has 0 aliphatic heterocycles. The number of alkyl halides is 3. The molecule has 0 amide bonds. The molecule has 0 aromatic carbocycles. The van der Waals surface area contributed by atoms with Crippen LogP contribution in [0.1, 0.15) is 25.7 Å². The summed E-state index contributed by atoms with van der Waals surface area (Å²) in [7, 11) is 0. The van der Waals surface area contributed by atoms with Crippen molar-refractivity contribution in [1.82, 2.24) is 0 Å². The summed E-state index contributed by atoms with van der Waals surface area (Å²) >= 11 is 1.55. The van der Waals surface area contributed by atoms with Gasteiger partial charge in [-0.05, 0) is 30.7 Å². The van der Waals surface area contributed by atoms with Crippen LogP contribution < -0.4 is 5.32 Å². The zero-order valence-electron chi connectivity index (χ0n) is 8.76. The number of anilines is 1. The minimum atomic E-state index is -4.03. The third kappa shape index (κ3) is 2.90. The number of halogens is 3. The van der Waals surface area contributed by atoms with E-state index in [0.29, 0.717) is 6.42 Å². The molecule has 1 aliphatic rings. The molecular weight excluding hydrogens is 235 g/mol. The van der Waals surface area contributed by atoms with Crippen LogP contribution >= 0.6 is 11.3 Å². The van der Waals surface area contributed by atoms with E-state index in [0.717, 1.165) is 12.1 Å².